The van der Waals surface area contributed by atoms with Crippen molar-refractivity contribution in [2.45, 2.75) is 65.5 Å². The average molecular weight is 349 g/mol. The molecule has 1 aliphatic carbocycles. The molecule has 1 aromatic rings. The highest BCUT2D eigenvalue weighted by atomic mass is 16.3. The van der Waals surface area contributed by atoms with Crippen LogP contribution in [0.3, 0.4) is 0 Å². The Balaban J connectivity index is 1.53. The first-order valence-corrected chi connectivity index (χ1v) is 10.3. The molecule has 0 aromatic carbocycles. The third-order valence-electron chi connectivity index (χ3n) is 6.15. The van der Waals surface area contributed by atoms with Crippen LogP contribution in [0, 0.1) is 19.8 Å². The number of aliphatic hydroxyl groups is 1. The molecule has 0 radical (unpaired) electrons. The lowest BCUT2D eigenvalue weighted by Gasteiger charge is -2.29. The standard InChI is InChI=1S/C20H36N4O/c1-17-20(18(2)24(21-17)13-14-25)16-23-10-6-9-22(11-12-23)15-19-7-4-3-5-8-19/h19,25H,3-16H2,1-2H3. The van der Waals surface area contributed by atoms with E-state index in [9.17, 15) is 5.11 Å². The van der Waals surface area contributed by atoms with E-state index in [4.69, 9.17) is 0 Å². The highest BCUT2D eigenvalue weighted by molar-refractivity contribution is 5.24. The second-order valence-corrected chi connectivity index (χ2v) is 8.03. The summed E-state index contributed by atoms with van der Waals surface area (Å²) in [7, 11) is 0. The van der Waals surface area contributed by atoms with E-state index in [2.05, 4.69) is 28.7 Å². The molecule has 2 aliphatic rings. The fraction of sp³-hybridized carbons (Fsp3) is 0.850. The van der Waals surface area contributed by atoms with Crippen molar-refractivity contribution < 1.29 is 5.11 Å². The van der Waals surface area contributed by atoms with Crippen molar-refractivity contribution >= 4 is 0 Å². The van der Waals surface area contributed by atoms with Crippen molar-refractivity contribution in [2.75, 3.05) is 39.3 Å². The lowest BCUT2D eigenvalue weighted by molar-refractivity contribution is 0.200. The molecule has 0 spiro atoms. The van der Waals surface area contributed by atoms with Crippen molar-refractivity contribution in [1.82, 2.24) is 19.6 Å². The van der Waals surface area contributed by atoms with E-state index in [-0.39, 0.29) is 6.61 Å². The maximum absolute atomic E-state index is 9.19. The van der Waals surface area contributed by atoms with Gasteiger partial charge in [-0.05, 0) is 52.1 Å². The highest BCUT2D eigenvalue weighted by Crippen LogP contribution is 2.25. The summed E-state index contributed by atoms with van der Waals surface area (Å²) in [6.45, 7) is 12.1. The maximum atomic E-state index is 9.19. The van der Waals surface area contributed by atoms with Crippen molar-refractivity contribution in [1.29, 1.82) is 0 Å². The summed E-state index contributed by atoms with van der Waals surface area (Å²) in [5, 5.41) is 13.8. The Morgan fingerprint density at radius 3 is 2.44 bits per heavy atom. The Hall–Kier alpha value is -0.910. The first-order chi connectivity index (χ1) is 12.2. The third-order valence-corrected chi connectivity index (χ3v) is 6.15. The second kappa shape index (κ2) is 9.15. The highest BCUT2D eigenvalue weighted by Gasteiger charge is 2.21. The molecule has 142 valence electrons. The molecule has 2 fully saturated rings. The lowest BCUT2D eigenvalue weighted by atomic mass is 9.89. The minimum atomic E-state index is 0.154. The van der Waals surface area contributed by atoms with E-state index in [1.807, 2.05) is 4.68 Å². The van der Waals surface area contributed by atoms with Gasteiger partial charge in [-0.25, -0.2) is 0 Å². The monoisotopic (exact) mass is 348 g/mol. The molecule has 5 nitrogen and oxygen atoms in total. The average Bonchev–Trinajstić information content (AvgIpc) is 2.78. The molecule has 1 saturated carbocycles. The van der Waals surface area contributed by atoms with Crippen LogP contribution in [0.1, 0.15) is 55.5 Å². The van der Waals surface area contributed by atoms with E-state index >= 15 is 0 Å². The van der Waals surface area contributed by atoms with Gasteiger partial charge in [0.25, 0.3) is 0 Å². The van der Waals surface area contributed by atoms with Crippen LogP contribution in [0.5, 0.6) is 0 Å². The zero-order chi connectivity index (χ0) is 17.6. The van der Waals surface area contributed by atoms with Crippen molar-refractivity contribution in [3.05, 3.63) is 17.0 Å². The van der Waals surface area contributed by atoms with Gasteiger partial charge in [0.1, 0.15) is 0 Å². The van der Waals surface area contributed by atoms with Crippen LogP contribution in [0.2, 0.25) is 0 Å². The number of hydrogen-bond acceptors (Lipinski definition) is 4. The number of rotatable bonds is 6. The normalized spacial score (nSPS) is 21.6. The molecular formula is C20H36N4O. The van der Waals surface area contributed by atoms with E-state index in [0.717, 1.165) is 24.7 Å². The number of nitrogens with zero attached hydrogens (tertiary/aromatic N) is 4. The number of hydrogen-bond donors (Lipinski definition) is 1. The molecule has 1 saturated heterocycles. The van der Waals surface area contributed by atoms with Crippen LogP contribution in [0.15, 0.2) is 0 Å². The van der Waals surface area contributed by atoms with Gasteiger partial charge in [0, 0.05) is 37.4 Å². The largest absolute Gasteiger partial charge is 0.394 e. The van der Waals surface area contributed by atoms with Crippen LogP contribution in [-0.4, -0.2) is 64.0 Å². The lowest BCUT2D eigenvalue weighted by Crippen LogP contribution is -2.34. The summed E-state index contributed by atoms with van der Waals surface area (Å²) in [5.41, 5.74) is 3.69. The Morgan fingerprint density at radius 1 is 0.960 bits per heavy atom. The summed E-state index contributed by atoms with van der Waals surface area (Å²) in [6, 6.07) is 0. The smallest absolute Gasteiger partial charge is 0.0644 e. The molecule has 3 rings (SSSR count). The molecular weight excluding hydrogens is 312 g/mol. The summed E-state index contributed by atoms with van der Waals surface area (Å²) in [6.07, 6.45) is 8.51. The molecule has 0 atom stereocenters. The summed E-state index contributed by atoms with van der Waals surface area (Å²) < 4.78 is 1.96. The van der Waals surface area contributed by atoms with Crippen molar-refractivity contribution in [3.63, 3.8) is 0 Å². The van der Waals surface area contributed by atoms with Gasteiger partial charge in [-0.15, -0.1) is 0 Å². The Kier molecular flexibility index (Phi) is 6.91. The van der Waals surface area contributed by atoms with Crippen LogP contribution in [0.4, 0.5) is 0 Å². The molecule has 1 N–H and O–H groups in total. The molecule has 25 heavy (non-hydrogen) atoms. The van der Waals surface area contributed by atoms with E-state index < -0.39 is 0 Å². The van der Waals surface area contributed by atoms with Gasteiger partial charge in [0.15, 0.2) is 0 Å². The van der Waals surface area contributed by atoms with Crippen molar-refractivity contribution in [3.8, 4) is 0 Å². The van der Waals surface area contributed by atoms with Gasteiger partial charge >= 0.3 is 0 Å². The topological polar surface area (TPSA) is 44.5 Å². The van der Waals surface area contributed by atoms with Crippen LogP contribution in [-0.2, 0) is 13.1 Å². The predicted molar refractivity (Wildman–Crippen MR) is 102 cm³/mol. The molecule has 5 heteroatoms. The summed E-state index contributed by atoms with van der Waals surface area (Å²) >= 11 is 0. The van der Waals surface area contributed by atoms with Gasteiger partial charge < -0.3 is 10.0 Å². The molecule has 2 heterocycles. The number of aryl methyl sites for hydroxylation is 1. The first-order valence-electron chi connectivity index (χ1n) is 10.3. The van der Waals surface area contributed by atoms with E-state index in [0.29, 0.717) is 6.54 Å². The minimum Gasteiger partial charge on any atom is -0.394 e. The van der Waals surface area contributed by atoms with Gasteiger partial charge in [0.2, 0.25) is 0 Å². The fourth-order valence-corrected chi connectivity index (χ4v) is 4.60. The van der Waals surface area contributed by atoms with Crippen LogP contribution in [0.25, 0.3) is 0 Å². The molecule has 0 bridgehead atoms. The van der Waals surface area contributed by atoms with Crippen LogP contribution < -0.4 is 0 Å². The molecule has 0 amide bonds. The SMILES string of the molecule is Cc1nn(CCO)c(C)c1CN1CCCN(CC2CCCCC2)CC1. The first kappa shape index (κ1) is 18.9. The van der Waals surface area contributed by atoms with Gasteiger partial charge in [-0.1, -0.05) is 19.3 Å². The van der Waals surface area contributed by atoms with Gasteiger partial charge in [-0.3, -0.25) is 9.58 Å². The van der Waals surface area contributed by atoms with Crippen molar-refractivity contribution in [2.24, 2.45) is 5.92 Å². The predicted octanol–water partition coefficient (Wildman–Crippen LogP) is 2.58. The molecule has 1 aromatic heterocycles. The third kappa shape index (κ3) is 5.05. The summed E-state index contributed by atoms with van der Waals surface area (Å²) in [5.74, 6) is 0.946. The van der Waals surface area contributed by atoms with E-state index in [1.54, 1.807) is 0 Å². The molecule has 0 unspecified atom stereocenters. The number of aromatic nitrogens is 2. The quantitative estimate of drug-likeness (QED) is 0.858. The van der Waals surface area contributed by atoms with Gasteiger partial charge in [0.05, 0.1) is 18.8 Å². The summed E-state index contributed by atoms with van der Waals surface area (Å²) in [4.78, 5) is 5.31. The Labute approximate surface area is 153 Å². The fourth-order valence-electron chi connectivity index (χ4n) is 4.60. The van der Waals surface area contributed by atoms with E-state index in [1.165, 1.54) is 76.0 Å². The number of aliphatic hydroxyl groups excluding tert-OH is 1. The zero-order valence-corrected chi connectivity index (χ0v) is 16.2. The maximum Gasteiger partial charge on any atom is 0.0644 e. The Bertz CT molecular complexity index is 536. The Morgan fingerprint density at radius 2 is 1.68 bits per heavy atom. The molecule has 1 aliphatic heterocycles. The minimum absolute atomic E-state index is 0.154. The second-order valence-electron chi connectivity index (χ2n) is 8.03. The zero-order valence-electron chi connectivity index (χ0n) is 16.2. The van der Waals surface area contributed by atoms with Crippen LogP contribution >= 0.6 is 0 Å². The van der Waals surface area contributed by atoms with Gasteiger partial charge in [-0.2, -0.15) is 5.10 Å².